The lowest BCUT2D eigenvalue weighted by Gasteiger charge is -2.28. The first-order valence-corrected chi connectivity index (χ1v) is 13.0. The first-order chi connectivity index (χ1) is 18.7. The van der Waals surface area contributed by atoms with Crippen LogP contribution in [0.25, 0.3) is 11.3 Å². The Labute approximate surface area is 228 Å². The lowest BCUT2D eigenvalue weighted by molar-refractivity contribution is -0.119. The molecule has 1 amide bonds. The molecule has 5 heteroatoms. The molecule has 0 spiro atoms. The second kappa shape index (κ2) is 10.6. The molecule has 0 bridgehead atoms. The van der Waals surface area contributed by atoms with Crippen LogP contribution >= 0.6 is 0 Å². The van der Waals surface area contributed by atoms with Crippen LogP contribution in [0.4, 0.5) is 11.4 Å². The summed E-state index contributed by atoms with van der Waals surface area (Å²) in [7, 11) is 0. The van der Waals surface area contributed by atoms with Gasteiger partial charge in [0.15, 0.2) is 0 Å². The summed E-state index contributed by atoms with van der Waals surface area (Å²) in [6, 6.07) is 32.3. The van der Waals surface area contributed by atoms with Crippen molar-refractivity contribution in [2.24, 2.45) is 0 Å². The van der Waals surface area contributed by atoms with Gasteiger partial charge in [-0.05, 0) is 71.0 Å². The number of nitrogens with zero attached hydrogens (tertiary/aromatic N) is 1. The van der Waals surface area contributed by atoms with Crippen LogP contribution in [0, 0.1) is 0 Å². The number of aromatic carboxylic acids is 1. The zero-order valence-corrected chi connectivity index (χ0v) is 22.3. The molecule has 0 radical (unpaired) electrons. The fraction of sp³-hybridized carbons (Fsp3) is 0.176. The number of carboxylic acids is 1. The molecule has 1 aliphatic carbocycles. The second-order valence-corrected chi connectivity index (χ2v) is 10.8. The van der Waals surface area contributed by atoms with Gasteiger partial charge in [-0.25, -0.2) is 4.79 Å². The summed E-state index contributed by atoms with van der Waals surface area (Å²) in [5.74, 6) is -0.861. The van der Waals surface area contributed by atoms with Crippen molar-refractivity contribution in [2.45, 2.75) is 38.5 Å². The Morgan fingerprint density at radius 3 is 2.13 bits per heavy atom. The summed E-state index contributed by atoms with van der Waals surface area (Å²) in [5, 5.41) is 9.33. The van der Waals surface area contributed by atoms with Gasteiger partial charge in [0.2, 0.25) is 5.91 Å². The number of amides is 1. The number of benzene rings is 3. The summed E-state index contributed by atoms with van der Waals surface area (Å²) in [6.45, 7) is 6.49. The third kappa shape index (κ3) is 5.63. The van der Waals surface area contributed by atoms with Crippen LogP contribution in [0.1, 0.15) is 53.7 Å². The molecule has 1 atom stereocenters. The molecule has 3 aromatic carbocycles. The Hall–Kier alpha value is -4.64. The molecule has 5 nitrogen and oxygen atoms in total. The Morgan fingerprint density at radius 1 is 0.821 bits per heavy atom. The highest BCUT2D eigenvalue weighted by Gasteiger charge is 2.30. The molecular formula is C34H31NO4. The lowest BCUT2D eigenvalue weighted by atomic mass is 9.84. The normalized spacial score (nSPS) is 12.3. The minimum atomic E-state index is -0.976. The van der Waals surface area contributed by atoms with Crippen LogP contribution in [0.15, 0.2) is 114 Å². The van der Waals surface area contributed by atoms with Crippen molar-refractivity contribution in [3.8, 4) is 11.3 Å². The predicted octanol–water partition coefficient (Wildman–Crippen LogP) is 8.07. The summed E-state index contributed by atoms with van der Waals surface area (Å²) >= 11 is 0. The Balaban J connectivity index is 1.60. The first kappa shape index (κ1) is 26.0. The zero-order valence-electron chi connectivity index (χ0n) is 22.3. The molecule has 1 heterocycles. The van der Waals surface area contributed by atoms with E-state index in [0.29, 0.717) is 12.2 Å². The van der Waals surface area contributed by atoms with E-state index in [0.717, 1.165) is 28.1 Å². The van der Waals surface area contributed by atoms with E-state index in [4.69, 9.17) is 4.42 Å². The highest BCUT2D eigenvalue weighted by Crippen LogP contribution is 2.38. The van der Waals surface area contributed by atoms with Crippen molar-refractivity contribution in [1.29, 1.82) is 0 Å². The smallest absolute Gasteiger partial charge is 0.335 e. The third-order valence-corrected chi connectivity index (χ3v) is 7.03. The monoisotopic (exact) mass is 517 g/mol. The van der Waals surface area contributed by atoms with Crippen LogP contribution in [-0.2, 0) is 16.6 Å². The summed E-state index contributed by atoms with van der Waals surface area (Å²) < 4.78 is 5.69. The zero-order chi connectivity index (χ0) is 27.6. The molecule has 0 aromatic heterocycles. The summed E-state index contributed by atoms with van der Waals surface area (Å²) in [6.07, 6.45) is 2.04. The highest BCUT2D eigenvalue weighted by molar-refractivity contribution is 6.05. The minimum Gasteiger partial charge on any atom is -0.478 e. The van der Waals surface area contributed by atoms with E-state index >= 15 is 0 Å². The molecule has 0 saturated heterocycles. The van der Waals surface area contributed by atoms with Gasteiger partial charge in [-0.1, -0.05) is 75.4 Å². The second-order valence-electron chi connectivity index (χ2n) is 10.8. The average Bonchev–Trinajstić information content (AvgIpc) is 3.36. The van der Waals surface area contributed by atoms with Crippen LogP contribution in [-0.4, -0.2) is 17.0 Å². The topological polar surface area (TPSA) is 70.8 Å². The van der Waals surface area contributed by atoms with E-state index in [2.05, 4.69) is 32.9 Å². The number of hydrogen-bond acceptors (Lipinski definition) is 3. The number of carbonyl (C=O) groups is 2. The van der Waals surface area contributed by atoms with Gasteiger partial charge in [0.1, 0.15) is 5.76 Å². The van der Waals surface area contributed by atoms with Crippen molar-refractivity contribution in [3.05, 3.63) is 132 Å². The fourth-order valence-corrected chi connectivity index (χ4v) is 4.83. The Bertz CT molecular complexity index is 1510. The molecule has 5 rings (SSSR count). The maximum absolute atomic E-state index is 14.6. The molecule has 1 N–H and O–H groups in total. The lowest BCUT2D eigenvalue weighted by Crippen LogP contribution is -2.32. The highest BCUT2D eigenvalue weighted by atomic mass is 16.4. The maximum Gasteiger partial charge on any atom is 0.335 e. The molecule has 0 fully saturated rings. The molecule has 2 aliphatic rings. The number of rotatable bonds is 7. The molecule has 1 unspecified atom stereocenters. The minimum absolute atomic E-state index is 0.0142. The van der Waals surface area contributed by atoms with Gasteiger partial charge in [0.25, 0.3) is 0 Å². The number of carboxylic acid groups (broad SMARTS) is 1. The molecule has 0 saturated carbocycles. The van der Waals surface area contributed by atoms with Gasteiger partial charge in [-0.15, -0.1) is 0 Å². The first-order valence-electron chi connectivity index (χ1n) is 13.0. The van der Waals surface area contributed by atoms with E-state index in [1.165, 1.54) is 5.56 Å². The van der Waals surface area contributed by atoms with Crippen molar-refractivity contribution in [1.82, 2.24) is 0 Å². The SMILES string of the molecule is CC(C)(C)c1ccc(C(Cc2ccc(C(=O)O)cc2)C(=O)N(c2ccccc2)c2cc3cccoc-3c2)cc1. The third-order valence-electron chi connectivity index (χ3n) is 7.03. The number of fused-ring (bicyclic) bond motifs is 1. The van der Waals surface area contributed by atoms with E-state index in [1.807, 2.05) is 66.7 Å². The number of para-hydroxylation sites is 1. The average molecular weight is 518 g/mol. The van der Waals surface area contributed by atoms with Crippen LogP contribution < -0.4 is 4.90 Å². The van der Waals surface area contributed by atoms with Gasteiger partial charge >= 0.3 is 5.97 Å². The molecule has 3 aromatic rings. The number of carbonyl (C=O) groups excluding carboxylic acids is 1. The van der Waals surface area contributed by atoms with E-state index in [1.54, 1.807) is 35.4 Å². The van der Waals surface area contributed by atoms with Crippen molar-refractivity contribution < 1.29 is 19.1 Å². The maximum atomic E-state index is 14.6. The summed E-state index contributed by atoms with van der Waals surface area (Å²) in [4.78, 5) is 27.7. The molecular weight excluding hydrogens is 486 g/mol. The Morgan fingerprint density at radius 2 is 1.51 bits per heavy atom. The van der Waals surface area contributed by atoms with E-state index in [-0.39, 0.29) is 16.9 Å². The largest absolute Gasteiger partial charge is 0.478 e. The molecule has 1 aliphatic heterocycles. The van der Waals surface area contributed by atoms with Crippen molar-refractivity contribution >= 4 is 23.3 Å². The molecule has 39 heavy (non-hydrogen) atoms. The molecule has 196 valence electrons. The van der Waals surface area contributed by atoms with Gasteiger partial charge in [-0.3, -0.25) is 9.69 Å². The van der Waals surface area contributed by atoms with Crippen LogP contribution in [0.5, 0.6) is 0 Å². The standard InChI is InChI=1S/C34H31NO4/c1-34(2,3)27-17-15-24(16-18-27)30(20-23-11-13-25(14-12-23)33(37)38)32(36)35(28-9-5-4-6-10-28)29-21-26-8-7-19-39-31(26)22-29/h4-19,21-22,30H,20H2,1-3H3,(H,37,38). The van der Waals surface area contributed by atoms with Gasteiger partial charge in [0.05, 0.1) is 23.4 Å². The van der Waals surface area contributed by atoms with Gasteiger partial charge < -0.3 is 9.52 Å². The quantitative estimate of drug-likeness (QED) is 0.237. The van der Waals surface area contributed by atoms with Crippen molar-refractivity contribution in [3.63, 3.8) is 0 Å². The number of hydrogen-bond donors (Lipinski definition) is 1. The van der Waals surface area contributed by atoms with Crippen LogP contribution in [0.3, 0.4) is 0 Å². The van der Waals surface area contributed by atoms with E-state index in [9.17, 15) is 14.7 Å². The summed E-state index contributed by atoms with van der Waals surface area (Å²) in [5.41, 5.74) is 5.58. The number of anilines is 2. The van der Waals surface area contributed by atoms with Gasteiger partial charge in [-0.2, -0.15) is 0 Å². The predicted molar refractivity (Wildman–Crippen MR) is 154 cm³/mol. The fourth-order valence-electron chi connectivity index (χ4n) is 4.83. The van der Waals surface area contributed by atoms with E-state index < -0.39 is 11.9 Å². The van der Waals surface area contributed by atoms with Crippen LogP contribution in [0.2, 0.25) is 0 Å². The van der Waals surface area contributed by atoms with Crippen molar-refractivity contribution in [2.75, 3.05) is 4.90 Å². The Kier molecular flexibility index (Phi) is 7.07. The van der Waals surface area contributed by atoms with Gasteiger partial charge in [0, 0.05) is 17.3 Å².